The Kier molecular flexibility index (Phi) is 5.42. The van der Waals surface area contributed by atoms with Crippen LogP contribution in [0.5, 0.6) is 0 Å². The molecule has 0 saturated carbocycles. The van der Waals surface area contributed by atoms with E-state index >= 15 is 0 Å². The highest BCUT2D eigenvalue weighted by molar-refractivity contribution is 8.19. The van der Waals surface area contributed by atoms with E-state index in [4.69, 9.17) is 33.0 Å². The van der Waals surface area contributed by atoms with E-state index in [9.17, 15) is 14.7 Å². The van der Waals surface area contributed by atoms with Crippen molar-refractivity contribution in [1.82, 2.24) is 0 Å². The average Bonchev–Trinajstić information content (AvgIpc) is 3.27. The van der Waals surface area contributed by atoms with Crippen LogP contribution in [0.1, 0.15) is 16.1 Å². The van der Waals surface area contributed by atoms with Gasteiger partial charge in [-0.25, -0.2) is 4.79 Å². The quantitative estimate of drug-likeness (QED) is 0.466. The van der Waals surface area contributed by atoms with Crippen molar-refractivity contribution in [3.8, 4) is 11.3 Å². The number of rotatable bonds is 4. The van der Waals surface area contributed by atoms with E-state index in [1.54, 1.807) is 42.5 Å². The molecule has 150 valence electrons. The highest BCUT2D eigenvalue weighted by atomic mass is 35.5. The van der Waals surface area contributed by atoms with Crippen LogP contribution < -0.4 is 4.90 Å². The van der Waals surface area contributed by atoms with Crippen molar-refractivity contribution >= 4 is 63.8 Å². The van der Waals surface area contributed by atoms with Crippen molar-refractivity contribution < 1.29 is 19.1 Å². The normalized spacial score (nSPS) is 15.3. The number of nitrogens with zero attached hydrogens (tertiary/aromatic N) is 1. The number of carboxylic acid groups (broad SMARTS) is 1. The number of furan rings is 1. The molecule has 1 saturated heterocycles. The molecule has 4 rings (SSSR count). The third kappa shape index (κ3) is 3.75. The van der Waals surface area contributed by atoms with Gasteiger partial charge in [0.25, 0.3) is 5.91 Å². The summed E-state index contributed by atoms with van der Waals surface area (Å²) in [5, 5.41) is 18.2. The third-order valence-corrected chi connectivity index (χ3v) is 5.72. The van der Waals surface area contributed by atoms with Crippen LogP contribution in [0.2, 0.25) is 10.0 Å². The van der Waals surface area contributed by atoms with Crippen LogP contribution in [0.15, 0.2) is 63.9 Å². The number of hydrogen-bond acceptors (Lipinski definition) is 5. The summed E-state index contributed by atoms with van der Waals surface area (Å²) in [4.78, 5) is 25.8. The number of carboxylic acids is 1. The molecule has 0 radical (unpaired) electrons. The first-order chi connectivity index (χ1) is 14.3. The van der Waals surface area contributed by atoms with Crippen molar-refractivity contribution in [2.75, 3.05) is 4.90 Å². The molecule has 1 aliphatic heterocycles. The van der Waals surface area contributed by atoms with Gasteiger partial charge in [-0.2, -0.15) is 0 Å². The van der Waals surface area contributed by atoms with Gasteiger partial charge in [0.1, 0.15) is 11.5 Å². The van der Waals surface area contributed by atoms with Crippen molar-refractivity contribution in [2.24, 2.45) is 0 Å². The molecule has 1 fully saturated rings. The predicted octanol–water partition coefficient (Wildman–Crippen LogP) is 6.01. The Bertz CT molecular complexity index is 1240. The van der Waals surface area contributed by atoms with Gasteiger partial charge in [-0.1, -0.05) is 41.4 Å². The zero-order valence-corrected chi connectivity index (χ0v) is 17.4. The fraction of sp³-hybridized carbons (Fsp3) is 0. The molecule has 1 aliphatic rings. The Morgan fingerprint density at radius 1 is 1.13 bits per heavy atom. The van der Waals surface area contributed by atoms with E-state index in [0.717, 1.165) is 11.8 Å². The molecule has 0 bridgehead atoms. The van der Waals surface area contributed by atoms with Gasteiger partial charge >= 0.3 is 5.97 Å². The summed E-state index contributed by atoms with van der Waals surface area (Å²) in [6, 6.07) is 14.4. The molecule has 9 heteroatoms. The van der Waals surface area contributed by atoms with Gasteiger partial charge in [0.05, 0.1) is 21.2 Å². The minimum Gasteiger partial charge on any atom is -0.478 e. The average molecular weight is 459 g/mol. The van der Waals surface area contributed by atoms with E-state index in [1.165, 1.54) is 23.1 Å². The highest BCUT2D eigenvalue weighted by Crippen LogP contribution is 2.39. The summed E-state index contributed by atoms with van der Waals surface area (Å²) >= 11 is 13.1. The first kappa shape index (κ1) is 20.3. The standard InChI is InChI=1S/C21H12Cl2N2O4S/c22-11-5-7-16(15(23)9-11)25-19(26)18(30-21(25)24)10-12-6-8-17(29-12)13-3-1-2-4-14(13)20(27)28/h1-10,24H,(H,27,28)/b18-10+,24-21?. The van der Waals surface area contributed by atoms with Crippen LogP contribution in [0, 0.1) is 5.41 Å². The minimum atomic E-state index is -1.06. The number of amides is 1. The minimum absolute atomic E-state index is 0.00141. The summed E-state index contributed by atoms with van der Waals surface area (Å²) < 4.78 is 5.75. The SMILES string of the molecule is N=C1S/C(=C/c2ccc(-c3ccccc3C(=O)O)o2)C(=O)N1c1ccc(Cl)cc1Cl. The zero-order valence-electron chi connectivity index (χ0n) is 15.1. The van der Waals surface area contributed by atoms with Crippen molar-refractivity contribution in [3.05, 3.63) is 80.9 Å². The molecule has 30 heavy (non-hydrogen) atoms. The van der Waals surface area contributed by atoms with E-state index in [0.29, 0.717) is 27.8 Å². The molecular formula is C21H12Cl2N2O4S. The Labute approximate surface area is 185 Å². The van der Waals surface area contributed by atoms with Gasteiger partial charge in [0, 0.05) is 16.7 Å². The fourth-order valence-electron chi connectivity index (χ4n) is 2.96. The van der Waals surface area contributed by atoms with Gasteiger partial charge in [0.15, 0.2) is 5.17 Å². The van der Waals surface area contributed by atoms with Crippen LogP contribution in [0.3, 0.4) is 0 Å². The summed E-state index contributed by atoms with van der Waals surface area (Å²) in [6.07, 6.45) is 1.51. The maximum atomic E-state index is 12.9. The Balaban J connectivity index is 1.65. The van der Waals surface area contributed by atoms with Crippen LogP contribution >= 0.6 is 35.0 Å². The summed E-state index contributed by atoms with van der Waals surface area (Å²) in [5.41, 5.74) is 0.910. The predicted molar refractivity (Wildman–Crippen MR) is 118 cm³/mol. The number of nitrogens with one attached hydrogen (secondary N) is 1. The van der Waals surface area contributed by atoms with Crippen LogP contribution in [-0.2, 0) is 4.79 Å². The lowest BCUT2D eigenvalue weighted by Crippen LogP contribution is -2.28. The van der Waals surface area contributed by atoms with Gasteiger partial charge in [-0.15, -0.1) is 0 Å². The van der Waals surface area contributed by atoms with Crippen molar-refractivity contribution in [1.29, 1.82) is 5.41 Å². The van der Waals surface area contributed by atoms with Crippen LogP contribution in [0.4, 0.5) is 5.69 Å². The van der Waals surface area contributed by atoms with Gasteiger partial charge in [-0.05, 0) is 48.2 Å². The molecule has 0 spiro atoms. The second-order valence-electron chi connectivity index (χ2n) is 6.20. The number of carbonyl (C=O) groups excluding carboxylic acids is 1. The summed E-state index contributed by atoms with van der Waals surface area (Å²) in [7, 11) is 0. The van der Waals surface area contributed by atoms with Gasteiger partial charge in [0.2, 0.25) is 0 Å². The number of aromatic carboxylic acids is 1. The number of amidine groups is 1. The maximum absolute atomic E-state index is 12.9. The molecular weight excluding hydrogens is 447 g/mol. The number of carbonyl (C=O) groups is 2. The molecule has 6 nitrogen and oxygen atoms in total. The van der Waals surface area contributed by atoms with Gasteiger partial charge < -0.3 is 9.52 Å². The lowest BCUT2D eigenvalue weighted by atomic mass is 10.1. The monoisotopic (exact) mass is 458 g/mol. The number of anilines is 1. The molecule has 0 unspecified atom stereocenters. The molecule has 2 N–H and O–H groups in total. The number of benzene rings is 2. The molecule has 3 aromatic rings. The van der Waals surface area contributed by atoms with E-state index in [-0.39, 0.29) is 20.7 Å². The molecule has 0 atom stereocenters. The van der Waals surface area contributed by atoms with E-state index in [1.807, 2.05) is 0 Å². The Hall–Kier alpha value is -3.00. The molecule has 1 amide bonds. The van der Waals surface area contributed by atoms with E-state index in [2.05, 4.69) is 0 Å². The topological polar surface area (TPSA) is 94.6 Å². The Morgan fingerprint density at radius 2 is 1.90 bits per heavy atom. The highest BCUT2D eigenvalue weighted by Gasteiger charge is 2.35. The van der Waals surface area contributed by atoms with Crippen LogP contribution in [0.25, 0.3) is 17.4 Å². The fourth-order valence-corrected chi connectivity index (χ4v) is 4.28. The number of thioether (sulfide) groups is 1. The molecule has 2 heterocycles. The third-order valence-electron chi connectivity index (χ3n) is 4.30. The molecule has 0 aliphatic carbocycles. The number of hydrogen-bond donors (Lipinski definition) is 2. The summed E-state index contributed by atoms with van der Waals surface area (Å²) in [5.74, 6) is -0.758. The number of halogens is 2. The largest absolute Gasteiger partial charge is 0.478 e. The lowest BCUT2D eigenvalue weighted by molar-refractivity contribution is -0.113. The van der Waals surface area contributed by atoms with Crippen molar-refractivity contribution in [3.63, 3.8) is 0 Å². The van der Waals surface area contributed by atoms with Gasteiger partial charge in [-0.3, -0.25) is 15.1 Å². The Morgan fingerprint density at radius 3 is 2.63 bits per heavy atom. The maximum Gasteiger partial charge on any atom is 0.336 e. The van der Waals surface area contributed by atoms with Crippen molar-refractivity contribution in [2.45, 2.75) is 0 Å². The lowest BCUT2D eigenvalue weighted by Gasteiger charge is -2.16. The second kappa shape index (κ2) is 8.02. The van der Waals surface area contributed by atoms with E-state index < -0.39 is 11.9 Å². The molecule has 2 aromatic carbocycles. The smallest absolute Gasteiger partial charge is 0.336 e. The zero-order chi connectivity index (χ0) is 21.4. The molecule has 1 aromatic heterocycles. The van der Waals surface area contributed by atoms with Crippen LogP contribution in [-0.4, -0.2) is 22.2 Å². The first-order valence-corrected chi connectivity index (χ1v) is 10.1. The second-order valence-corrected chi connectivity index (χ2v) is 8.08. The summed E-state index contributed by atoms with van der Waals surface area (Å²) in [6.45, 7) is 0. The first-order valence-electron chi connectivity index (χ1n) is 8.55.